The highest BCUT2D eigenvalue weighted by molar-refractivity contribution is 7.92. The number of benzene rings is 1. The van der Waals surface area contributed by atoms with Crippen LogP contribution in [0.25, 0.3) is 11.1 Å². The zero-order valence-corrected chi connectivity index (χ0v) is 15.7. The third kappa shape index (κ3) is 2.52. The summed E-state index contributed by atoms with van der Waals surface area (Å²) in [5, 5.41) is 3.83. The molecule has 26 heavy (non-hydrogen) atoms. The first-order valence-corrected chi connectivity index (χ1v) is 11.1. The predicted molar refractivity (Wildman–Crippen MR) is 103 cm³/mol. The normalized spacial score (nSPS) is 23.7. The third-order valence-corrected chi connectivity index (χ3v) is 8.41. The van der Waals surface area contributed by atoms with Gasteiger partial charge in [0.1, 0.15) is 0 Å². The number of nitrogens with zero attached hydrogens (tertiary/aromatic N) is 2. The minimum Gasteiger partial charge on any atom is -0.297 e. The molecule has 0 saturated carbocycles. The molecule has 0 unspecified atom stereocenters. The first-order chi connectivity index (χ1) is 12.6. The lowest BCUT2D eigenvalue weighted by Gasteiger charge is -2.17. The Kier molecular flexibility index (Phi) is 3.74. The fourth-order valence-electron chi connectivity index (χ4n) is 4.21. The maximum Gasteiger partial charge on any atom is 0.183 e. The van der Waals surface area contributed by atoms with Crippen molar-refractivity contribution in [2.24, 2.45) is 0 Å². The zero-order valence-electron chi connectivity index (χ0n) is 14.1. The molecule has 5 rings (SSSR count). The smallest absolute Gasteiger partial charge is 0.183 e. The second-order valence-corrected chi connectivity index (χ2v) is 9.92. The molecule has 0 bridgehead atoms. The van der Waals surface area contributed by atoms with E-state index in [0.717, 1.165) is 29.8 Å². The summed E-state index contributed by atoms with van der Waals surface area (Å²) in [6, 6.07) is 11.9. The van der Waals surface area contributed by atoms with Gasteiger partial charge in [0.2, 0.25) is 0 Å². The van der Waals surface area contributed by atoms with Crippen LogP contribution in [0.5, 0.6) is 0 Å². The van der Waals surface area contributed by atoms with E-state index in [-0.39, 0.29) is 11.2 Å². The van der Waals surface area contributed by atoms with E-state index in [2.05, 4.69) is 27.4 Å². The molecule has 6 heteroatoms. The number of rotatable bonds is 3. The summed E-state index contributed by atoms with van der Waals surface area (Å²) in [6.07, 6.45) is 3.57. The Morgan fingerprint density at radius 1 is 1.08 bits per heavy atom. The molecule has 0 radical (unpaired) electrons. The molecule has 1 aromatic carbocycles. The van der Waals surface area contributed by atoms with Crippen molar-refractivity contribution in [3.63, 3.8) is 0 Å². The lowest BCUT2D eigenvalue weighted by molar-refractivity contribution is 0.325. The Balaban J connectivity index is 1.49. The Bertz CT molecular complexity index is 1050. The first-order valence-electron chi connectivity index (χ1n) is 8.64. The molecule has 0 aliphatic carbocycles. The van der Waals surface area contributed by atoms with Crippen molar-refractivity contribution >= 4 is 21.2 Å². The summed E-state index contributed by atoms with van der Waals surface area (Å²) in [5.41, 5.74) is 4.43. The van der Waals surface area contributed by atoms with Gasteiger partial charge in [0.25, 0.3) is 0 Å². The minimum absolute atomic E-state index is 0.0652. The molecule has 0 N–H and O–H groups in total. The third-order valence-electron chi connectivity index (χ3n) is 5.47. The van der Waals surface area contributed by atoms with Gasteiger partial charge in [-0.15, -0.1) is 0 Å². The van der Waals surface area contributed by atoms with E-state index in [9.17, 15) is 8.42 Å². The van der Waals surface area contributed by atoms with E-state index in [1.54, 1.807) is 23.7 Å². The van der Waals surface area contributed by atoms with Crippen LogP contribution < -0.4 is 0 Å². The van der Waals surface area contributed by atoms with Crippen LogP contribution in [0.1, 0.15) is 17.0 Å². The molecule has 3 aromatic rings. The van der Waals surface area contributed by atoms with Crippen molar-refractivity contribution in [3.05, 3.63) is 70.7 Å². The van der Waals surface area contributed by atoms with Crippen LogP contribution in [0.15, 0.2) is 64.4 Å². The highest BCUT2D eigenvalue weighted by Crippen LogP contribution is 2.46. The maximum absolute atomic E-state index is 13.0. The van der Waals surface area contributed by atoms with Crippen LogP contribution in [-0.2, 0) is 16.4 Å². The second-order valence-electron chi connectivity index (χ2n) is 7.00. The van der Waals surface area contributed by atoms with Crippen molar-refractivity contribution in [3.8, 4) is 11.1 Å². The van der Waals surface area contributed by atoms with E-state index >= 15 is 0 Å². The number of thiophene rings is 1. The summed E-state index contributed by atoms with van der Waals surface area (Å²) >= 11 is 1.66. The number of sulfone groups is 1. The summed E-state index contributed by atoms with van der Waals surface area (Å²) in [7, 11) is -3.25. The molecule has 2 aromatic heterocycles. The fraction of sp³-hybridized carbons (Fsp3) is 0.250. The molecule has 1 saturated heterocycles. The molecule has 2 atom stereocenters. The molecule has 4 heterocycles. The van der Waals surface area contributed by atoms with Crippen LogP contribution >= 0.6 is 11.3 Å². The van der Waals surface area contributed by atoms with Gasteiger partial charge in [-0.05, 0) is 63.3 Å². The molecular formula is C20H18N2O2S2. The van der Waals surface area contributed by atoms with Gasteiger partial charge < -0.3 is 0 Å². The molecule has 0 amide bonds. The lowest BCUT2D eigenvalue weighted by atomic mass is 9.95. The quantitative estimate of drug-likeness (QED) is 0.695. The maximum atomic E-state index is 13.0. The highest BCUT2D eigenvalue weighted by Gasteiger charge is 2.50. The topological polar surface area (TPSA) is 50.3 Å². The van der Waals surface area contributed by atoms with Crippen molar-refractivity contribution in [2.75, 3.05) is 13.1 Å². The molecule has 0 spiro atoms. The van der Waals surface area contributed by atoms with E-state index in [0.29, 0.717) is 11.4 Å². The molecule has 2 aliphatic rings. The molecule has 1 fully saturated rings. The van der Waals surface area contributed by atoms with Gasteiger partial charge in [0.15, 0.2) is 9.84 Å². The van der Waals surface area contributed by atoms with Gasteiger partial charge >= 0.3 is 0 Å². The van der Waals surface area contributed by atoms with Gasteiger partial charge in [-0.1, -0.05) is 6.07 Å². The number of hydrogen-bond donors (Lipinski definition) is 0. The van der Waals surface area contributed by atoms with Crippen LogP contribution in [-0.4, -0.2) is 36.6 Å². The number of fused-ring (bicyclic) bond motifs is 3. The van der Waals surface area contributed by atoms with Crippen molar-refractivity contribution in [2.45, 2.75) is 22.6 Å². The van der Waals surface area contributed by atoms with Crippen molar-refractivity contribution in [1.29, 1.82) is 0 Å². The number of likely N-dealkylation sites (tertiary alicyclic amines) is 1. The molecule has 4 nitrogen and oxygen atoms in total. The van der Waals surface area contributed by atoms with Gasteiger partial charge in [0, 0.05) is 37.9 Å². The van der Waals surface area contributed by atoms with Gasteiger partial charge in [-0.25, -0.2) is 8.42 Å². The average Bonchev–Trinajstić information content (AvgIpc) is 3.35. The number of aromatic nitrogens is 1. The predicted octanol–water partition coefficient (Wildman–Crippen LogP) is 3.57. The fourth-order valence-corrected chi connectivity index (χ4v) is 7.07. The molecule has 132 valence electrons. The monoisotopic (exact) mass is 382 g/mol. The zero-order chi connectivity index (χ0) is 17.7. The van der Waals surface area contributed by atoms with E-state index in [1.807, 2.05) is 29.6 Å². The van der Waals surface area contributed by atoms with Crippen molar-refractivity contribution in [1.82, 2.24) is 9.88 Å². The summed E-state index contributed by atoms with van der Waals surface area (Å²) < 4.78 is 26.1. The van der Waals surface area contributed by atoms with Crippen LogP contribution in [0.3, 0.4) is 0 Å². The second kappa shape index (κ2) is 6.01. The largest absolute Gasteiger partial charge is 0.297 e. The lowest BCUT2D eigenvalue weighted by Crippen LogP contribution is -2.25. The SMILES string of the molecule is O=S1(=O)c2ccc(-c3ccsc3)cc2[C@@H]2CN(Cc3ccncc3)C[C@@H]21. The minimum atomic E-state index is -3.25. The molecular weight excluding hydrogens is 364 g/mol. The highest BCUT2D eigenvalue weighted by atomic mass is 32.2. The first kappa shape index (κ1) is 16.2. The van der Waals surface area contributed by atoms with E-state index in [1.165, 1.54) is 5.56 Å². The Hall–Kier alpha value is -2.02. The van der Waals surface area contributed by atoms with E-state index in [4.69, 9.17) is 0 Å². The van der Waals surface area contributed by atoms with Crippen LogP contribution in [0, 0.1) is 0 Å². The average molecular weight is 383 g/mol. The van der Waals surface area contributed by atoms with Crippen LogP contribution in [0.4, 0.5) is 0 Å². The Morgan fingerprint density at radius 2 is 1.92 bits per heavy atom. The number of pyridine rings is 1. The van der Waals surface area contributed by atoms with Gasteiger partial charge in [-0.3, -0.25) is 9.88 Å². The summed E-state index contributed by atoms with van der Waals surface area (Å²) in [6.45, 7) is 2.15. The van der Waals surface area contributed by atoms with Gasteiger partial charge in [0.05, 0.1) is 10.1 Å². The van der Waals surface area contributed by atoms with Gasteiger partial charge in [-0.2, -0.15) is 11.3 Å². The van der Waals surface area contributed by atoms with E-state index < -0.39 is 9.84 Å². The number of hydrogen-bond acceptors (Lipinski definition) is 5. The summed E-state index contributed by atoms with van der Waals surface area (Å²) in [4.78, 5) is 6.84. The Labute approximate surface area is 157 Å². The Morgan fingerprint density at radius 3 is 2.69 bits per heavy atom. The standard InChI is InChI=1S/C20H18N2O2S2/c23-26(24)19-2-1-15(16-5-8-25-13-16)9-17(19)18-11-22(12-20(18)26)10-14-3-6-21-7-4-14/h1-9,13,18,20H,10-12H2/t18-,20-/m0/s1. The van der Waals surface area contributed by atoms with Crippen molar-refractivity contribution < 1.29 is 8.42 Å². The van der Waals surface area contributed by atoms with Crippen LogP contribution in [0.2, 0.25) is 0 Å². The molecule has 2 aliphatic heterocycles. The summed E-state index contributed by atoms with van der Waals surface area (Å²) in [5.74, 6) is 0.0652.